The second kappa shape index (κ2) is 16.4. The molecule has 2 saturated heterocycles. The van der Waals surface area contributed by atoms with Gasteiger partial charge in [-0.3, -0.25) is 19.2 Å². The summed E-state index contributed by atoms with van der Waals surface area (Å²) in [6.07, 6.45) is 6.35. The van der Waals surface area contributed by atoms with Crippen LogP contribution in [0.2, 0.25) is 0 Å². The van der Waals surface area contributed by atoms with E-state index in [1.807, 2.05) is 0 Å². The second-order valence-corrected chi connectivity index (χ2v) is 10.9. The molecular weight excluding hydrogens is 520 g/mol. The molecule has 2 N–H and O–H groups in total. The van der Waals surface area contributed by atoms with Gasteiger partial charge in [0.2, 0.25) is 0 Å². The number of ether oxygens (including phenoxy) is 1. The van der Waals surface area contributed by atoms with Crippen molar-refractivity contribution in [1.29, 1.82) is 0 Å². The zero-order valence-electron chi connectivity index (χ0n) is 23.8. The van der Waals surface area contributed by atoms with Crippen LogP contribution in [0.1, 0.15) is 67.1 Å². The monoisotopic (exact) mass is 562 g/mol. The molecule has 0 amide bonds. The van der Waals surface area contributed by atoms with E-state index in [9.17, 15) is 19.2 Å². The minimum Gasteiger partial charge on any atom is -0.375 e. The summed E-state index contributed by atoms with van der Waals surface area (Å²) in [5.41, 5.74) is 2.39. The molecule has 0 atom stereocenters. The van der Waals surface area contributed by atoms with Crippen LogP contribution in [-0.4, -0.2) is 112 Å². The summed E-state index contributed by atoms with van der Waals surface area (Å²) in [7, 11) is 0. The number of piperidine rings is 2. The molecule has 2 aliphatic heterocycles. The van der Waals surface area contributed by atoms with E-state index in [2.05, 4.69) is 20.4 Å². The molecule has 4 rings (SSSR count). The molecule has 2 aromatic rings. The maximum absolute atomic E-state index is 12.3. The number of Topliss-reactive ketones (excluding diaryl/α,β-unsaturated/α-hetero) is 2. The number of hydrogen-bond donors (Lipinski definition) is 2. The first-order chi connectivity index (χ1) is 20.0. The zero-order chi connectivity index (χ0) is 28.9. The molecule has 2 heterocycles. The van der Waals surface area contributed by atoms with E-state index >= 15 is 0 Å². The Labute approximate surface area is 242 Å². The normalized spacial score (nSPS) is 17.4. The molecule has 0 bridgehead atoms. The zero-order valence-corrected chi connectivity index (χ0v) is 23.8. The summed E-state index contributed by atoms with van der Waals surface area (Å²) in [6, 6.07) is 13.5. The standard InChI is InChI=1S/C32H42N4O5/c37-23-25-1-5-27(6-2-25)31(39)21-33-13-19-35-15-9-29(10-16-35)41-30-11-17-36(18-12-30)20-14-34-22-32(40)28-7-3-26(24-38)4-8-28/h1-8,23-24,29-30,33-34H,9-22H2. The summed E-state index contributed by atoms with van der Waals surface area (Å²) < 4.78 is 6.46. The van der Waals surface area contributed by atoms with E-state index in [0.29, 0.717) is 47.6 Å². The van der Waals surface area contributed by atoms with Crippen LogP contribution in [0.25, 0.3) is 0 Å². The first-order valence-electron chi connectivity index (χ1n) is 14.7. The van der Waals surface area contributed by atoms with Gasteiger partial charge in [-0.05, 0) is 25.7 Å². The van der Waals surface area contributed by atoms with Crippen LogP contribution in [0.4, 0.5) is 0 Å². The summed E-state index contributed by atoms with van der Waals surface area (Å²) in [4.78, 5) is 51.0. The van der Waals surface area contributed by atoms with Crippen molar-refractivity contribution in [3.05, 3.63) is 70.8 Å². The molecule has 220 valence electrons. The predicted octanol–water partition coefficient (Wildman–Crippen LogP) is 2.50. The second-order valence-electron chi connectivity index (χ2n) is 10.9. The molecule has 0 unspecified atom stereocenters. The van der Waals surface area contributed by atoms with Gasteiger partial charge in [0.1, 0.15) is 12.6 Å². The Morgan fingerprint density at radius 2 is 1.02 bits per heavy atom. The number of likely N-dealkylation sites (tertiary alicyclic amines) is 2. The lowest BCUT2D eigenvalue weighted by Gasteiger charge is -2.37. The SMILES string of the molecule is O=Cc1ccc(C(=O)CNCCN2CCC(OC3CCN(CCNCC(=O)c4ccc(C=O)cc4)CC3)CC2)cc1. The van der Waals surface area contributed by atoms with Crippen molar-refractivity contribution in [2.24, 2.45) is 0 Å². The van der Waals surface area contributed by atoms with Crippen LogP contribution in [0, 0.1) is 0 Å². The first-order valence-corrected chi connectivity index (χ1v) is 14.7. The molecule has 0 saturated carbocycles. The van der Waals surface area contributed by atoms with Gasteiger partial charge in [-0.25, -0.2) is 0 Å². The number of rotatable bonds is 16. The van der Waals surface area contributed by atoms with E-state index in [-0.39, 0.29) is 11.6 Å². The molecule has 9 nitrogen and oxygen atoms in total. The van der Waals surface area contributed by atoms with Crippen LogP contribution in [0.15, 0.2) is 48.5 Å². The topological polar surface area (TPSA) is 108 Å². The maximum Gasteiger partial charge on any atom is 0.176 e. The lowest BCUT2D eigenvalue weighted by Crippen LogP contribution is -2.44. The molecule has 2 aromatic carbocycles. The largest absolute Gasteiger partial charge is 0.375 e. The number of nitrogens with one attached hydrogen (secondary N) is 2. The van der Waals surface area contributed by atoms with Crippen molar-refractivity contribution in [2.45, 2.75) is 37.9 Å². The van der Waals surface area contributed by atoms with Crippen molar-refractivity contribution < 1.29 is 23.9 Å². The van der Waals surface area contributed by atoms with E-state index in [0.717, 1.165) is 90.6 Å². The van der Waals surface area contributed by atoms with Crippen LogP contribution in [0.3, 0.4) is 0 Å². The summed E-state index contributed by atoms with van der Waals surface area (Å²) >= 11 is 0. The Kier molecular flexibility index (Phi) is 12.3. The van der Waals surface area contributed by atoms with Gasteiger partial charge >= 0.3 is 0 Å². The van der Waals surface area contributed by atoms with Gasteiger partial charge < -0.3 is 25.2 Å². The Hall–Kier alpha value is -3.08. The number of aldehydes is 2. The quantitative estimate of drug-likeness (QED) is 0.181. The van der Waals surface area contributed by atoms with E-state index in [1.54, 1.807) is 48.5 Å². The third-order valence-corrected chi connectivity index (χ3v) is 7.97. The third-order valence-electron chi connectivity index (χ3n) is 7.97. The highest BCUT2D eigenvalue weighted by Gasteiger charge is 2.25. The van der Waals surface area contributed by atoms with Crippen molar-refractivity contribution >= 4 is 24.1 Å². The van der Waals surface area contributed by atoms with Crippen molar-refractivity contribution in [2.75, 3.05) is 65.4 Å². The average molecular weight is 563 g/mol. The number of nitrogens with zero attached hydrogens (tertiary/aromatic N) is 2. The van der Waals surface area contributed by atoms with Gasteiger partial charge in [0.25, 0.3) is 0 Å². The van der Waals surface area contributed by atoms with Gasteiger partial charge in [-0.15, -0.1) is 0 Å². The number of ketones is 2. The summed E-state index contributed by atoms with van der Waals surface area (Å²) in [6.45, 7) is 7.99. The van der Waals surface area contributed by atoms with Gasteiger partial charge in [0.15, 0.2) is 11.6 Å². The summed E-state index contributed by atoms with van der Waals surface area (Å²) in [5.74, 6) is 0.0664. The highest BCUT2D eigenvalue weighted by molar-refractivity contribution is 5.98. The minimum absolute atomic E-state index is 0.0332. The van der Waals surface area contributed by atoms with Crippen molar-refractivity contribution in [1.82, 2.24) is 20.4 Å². The van der Waals surface area contributed by atoms with E-state index in [4.69, 9.17) is 4.74 Å². The van der Waals surface area contributed by atoms with Gasteiger partial charge in [0, 0.05) is 74.6 Å². The summed E-state index contributed by atoms with van der Waals surface area (Å²) in [5, 5.41) is 6.49. The maximum atomic E-state index is 12.3. The number of hydrogen-bond acceptors (Lipinski definition) is 9. The predicted molar refractivity (Wildman–Crippen MR) is 158 cm³/mol. The highest BCUT2D eigenvalue weighted by atomic mass is 16.5. The Balaban J connectivity index is 1.01. The van der Waals surface area contributed by atoms with Crippen LogP contribution < -0.4 is 10.6 Å². The smallest absolute Gasteiger partial charge is 0.176 e. The highest BCUT2D eigenvalue weighted by Crippen LogP contribution is 2.21. The molecule has 2 fully saturated rings. The fourth-order valence-electron chi connectivity index (χ4n) is 5.39. The van der Waals surface area contributed by atoms with Crippen molar-refractivity contribution in [3.8, 4) is 0 Å². The number of carbonyl (C=O) groups is 4. The number of carbonyl (C=O) groups excluding carboxylic acids is 4. The van der Waals surface area contributed by atoms with Crippen LogP contribution in [-0.2, 0) is 4.74 Å². The molecule has 0 aromatic heterocycles. The van der Waals surface area contributed by atoms with E-state index in [1.165, 1.54) is 0 Å². The molecule has 0 aliphatic carbocycles. The molecule has 0 radical (unpaired) electrons. The van der Waals surface area contributed by atoms with Gasteiger partial charge in [0.05, 0.1) is 25.3 Å². The minimum atomic E-state index is 0.0332. The fourth-order valence-corrected chi connectivity index (χ4v) is 5.39. The number of benzene rings is 2. The average Bonchev–Trinajstić information content (AvgIpc) is 3.02. The molecule has 41 heavy (non-hydrogen) atoms. The Morgan fingerprint density at radius 1 is 0.659 bits per heavy atom. The van der Waals surface area contributed by atoms with Gasteiger partial charge in [-0.1, -0.05) is 48.5 Å². The van der Waals surface area contributed by atoms with Crippen molar-refractivity contribution in [3.63, 3.8) is 0 Å². The van der Waals surface area contributed by atoms with Gasteiger partial charge in [-0.2, -0.15) is 0 Å². The van der Waals surface area contributed by atoms with Crippen LogP contribution >= 0.6 is 0 Å². The molecule has 0 spiro atoms. The Morgan fingerprint density at radius 3 is 1.37 bits per heavy atom. The third kappa shape index (κ3) is 10.1. The Bertz CT molecular complexity index is 1030. The van der Waals surface area contributed by atoms with Crippen LogP contribution in [0.5, 0.6) is 0 Å². The lowest BCUT2D eigenvalue weighted by atomic mass is 10.0. The molecule has 9 heteroatoms. The first kappa shape index (κ1) is 30.9. The molecule has 2 aliphatic rings. The molecular formula is C32H42N4O5. The lowest BCUT2D eigenvalue weighted by molar-refractivity contribution is -0.0645. The fraction of sp³-hybridized carbons (Fsp3) is 0.500. The van der Waals surface area contributed by atoms with E-state index < -0.39 is 0 Å².